The zero-order valence-corrected chi connectivity index (χ0v) is 36.3. The minimum atomic E-state index is -4.55. The summed E-state index contributed by atoms with van der Waals surface area (Å²) in [5.74, 6) is -0.460. The minimum absolute atomic E-state index is 0.00854. The van der Waals surface area contributed by atoms with Gasteiger partial charge in [0.25, 0.3) is 7.82 Å². The van der Waals surface area contributed by atoms with Crippen LogP contribution in [0.5, 0.6) is 0 Å². The molecule has 0 aromatic heterocycles. The molecule has 0 spiro atoms. The molecule has 8 nitrogen and oxygen atoms in total. The van der Waals surface area contributed by atoms with E-state index in [-0.39, 0.29) is 26.2 Å². The van der Waals surface area contributed by atoms with Crippen LogP contribution in [0.25, 0.3) is 0 Å². The highest BCUT2D eigenvalue weighted by molar-refractivity contribution is 7.45. The second-order valence-corrected chi connectivity index (χ2v) is 16.8. The standard InChI is InChI=1S/C45H82NO7P/c1-6-8-10-12-14-16-18-20-22-23-25-27-29-31-33-35-37-40-50-42-44(43-52-54(48,49)51-41-39-46(3,4)5)53-45(47)38-36-34-32-30-28-26-24-21-19-17-15-13-11-9-7-2/h9,11,15,17,21,24,28,30,34,36,44H,6-8,10,12-14,16,18-20,22-23,25-27,29,31-33,35,37-43H2,1-5H3/b11-9-,17-15-,24-21-,30-28-,36-34-. The van der Waals surface area contributed by atoms with E-state index < -0.39 is 19.9 Å². The van der Waals surface area contributed by atoms with Gasteiger partial charge in [0, 0.05) is 6.61 Å². The van der Waals surface area contributed by atoms with Gasteiger partial charge < -0.3 is 27.9 Å². The fraction of sp³-hybridized carbons (Fsp3) is 0.756. The first-order valence-electron chi connectivity index (χ1n) is 21.5. The number of phosphoric ester groups is 1. The minimum Gasteiger partial charge on any atom is -0.756 e. The van der Waals surface area contributed by atoms with Crippen LogP contribution < -0.4 is 4.89 Å². The number of hydrogen-bond acceptors (Lipinski definition) is 7. The molecular formula is C45H82NO7P. The maximum Gasteiger partial charge on any atom is 0.310 e. The van der Waals surface area contributed by atoms with Crippen LogP contribution >= 0.6 is 7.82 Å². The Morgan fingerprint density at radius 3 is 1.44 bits per heavy atom. The molecule has 0 heterocycles. The van der Waals surface area contributed by atoms with Crippen molar-refractivity contribution in [3.05, 3.63) is 60.8 Å². The third-order valence-corrected chi connectivity index (χ3v) is 9.83. The molecule has 54 heavy (non-hydrogen) atoms. The molecule has 0 fully saturated rings. The van der Waals surface area contributed by atoms with Crippen LogP contribution in [0.3, 0.4) is 0 Å². The Morgan fingerprint density at radius 2 is 1.00 bits per heavy atom. The lowest BCUT2D eigenvalue weighted by Crippen LogP contribution is -2.37. The Kier molecular flexibility index (Phi) is 36.8. The Labute approximate surface area is 332 Å². The van der Waals surface area contributed by atoms with E-state index in [0.717, 1.165) is 38.5 Å². The molecule has 0 aromatic carbocycles. The second-order valence-electron chi connectivity index (χ2n) is 15.3. The summed E-state index contributed by atoms with van der Waals surface area (Å²) in [6, 6.07) is 0. The zero-order chi connectivity index (χ0) is 39.9. The van der Waals surface area contributed by atoms with Crippen LogP contribution in [0.1, 0.15) is 162 Å². The zero-order valence-electron chi connectivity index (χ0n) is 35.4. The van der Waals surface area contributed by atoms with Crippen molar-refractivity contribution >= 4 is 13.8 Å². The van der Waals surface area contributed by atoms with Gasteiger partial charge in [-0.1, -0.05) is 177 Å². The Bertz CT molecular complexity index is 1050. The van der Waals surface area contributed by atoms with Crippen LogP contribution in [-0.4, -0.2) is 70.7 Å². The Hall–Kier alpha value is -1.80. The van der Waals surface area contributed by atoms with Gasteiger partial charge in [0.2, 0.25) is 0 Å². The number of hydrogen-bond donors (Lipinski definition) is 0. The van der Waals surface area contributed by atoms with Crippen LogP contribution in [0.15, 0.2) is 60.8 Å². The number of carbonyl (C=O) groups excluding carboxylic acids is 1. The van der Waals surface area contributed by atoms with E-state index in [1.54, 1.807) is 6.08 Å². The quantitative estimate of drug-likeness (QED) is 0.0202. The van der Waals surface area contributed by atoms with E-state index in [1.807, 2.05) is 27.2 Å². The van der Waals surface area contributed by atoms with Crippen LogP contribution in [0, 0.1) is 0 Å². The van der Waals surface area contributed by atoms with Crippen LogP contribution in [-0.2, 0) is 27.9 Å². The predicted octanol–water partition coefficient (Wildman–Crippen LogP) is 11.9. The molecule has 0 bridgehead atoms. The maximum absolute atomic E-state index is 12.6. The van der Waals surface area contributed by atoms with Crippen molar-refractivity contribution in [2.24, 2.45) is 0 Å². The van der Waals surface area contributed by atoms with Crippen molar-refractivity contribution in [1.82, 2.24) is 0 Å². The van der Waals surface area contributed by atoms with E-state index in [4.69, 9.17) is 18.5 Å². The van der Waals surface area contributed by atoms with Crippen LogP contribution in [0.2, 0.25) is 0 Å². The number of carbonyl (C=O) groups is 1. The molecule has 2 atom stereocenters. The van der Waals surface area contributed by atoms with E-state index in [9.17, 15) is 14.3 Å². The molecule has 9 heteroatoms. The molecule has 0 rings (SSSR count). The molecule has 0 N–H and O–H groups in total. The topological polar surface area (TPSA) is 94.1 Å². The van der Waals surface area contributed by atoms with Gasteiger partial charge in [-0.15, -0.1) is 0 Å². The van der Waals surface area contributed by atoms with E-state index in [0.29, 0.717) is 24.1 Å². The molecule has 0 aliphatic carbocycles. The number of likely N-dealkylation sites (N-methyl/N-ethyl adjacent to an activating group) is 1. The van der Waals surface area contributed by atoms with E-state index in [2.05, 4.69) is 62.5 Å². The van der Waals surface area contributed by atoms with Crippen molar-refractivity contribution in [3.63, 3.8) is 0 Å². The molecule has 0 radical (unpaired) electrons. The van der Waals surface area contributed by atoms with Gasteiger partial charge in [0.15, 0.2) is 0 Å². The van der Waals surface area contributed by atoms with Gasteiger partial charge in [0.1, 0.15) is 19.3 Å². The molecular weight excluding hydrogens is 697 g/mol. The highest BCUT2D eigenvalue weighted by Gasteiger charge is 2.20. The summed E-state index contributed by atoms with van der Waals surface area (Å²) in [5, 5.41) is 0. The van der Waals surface area contributed by atoms with E-state index >= 15 is 0 Å². The Balaban J connectivity index is 4.35. The first-order chi connectivity index (χ1) is 26.1. The van der Waals surface area contributed by atoms with E-state index in [1.165, 1.54) is 96.3 Å². The summed E-state index contributed by atoms with van der Waals surface area (Å²) < 4.78 is 34.4. The average Bonchev–Trinajstić information content (AvgIpc) is 3.12. The van der Waals surface area contributed by atoms with Gasteiger partial charge in [-0.3, -0.25) is 9.36 Å². The van der Waals surface area contributed by atoms with Crippen LogP contribution in [0.4, 0.5) is 0 Å². The number of esters is 1. The van der Waals surface area contributed by atoms with Gasteiger partial charge in [-0.05, 0) is 38.5 Å². The van der Waals surface area contributed by atoms with Gasteiger partial charge in [0.05, 0.1) is 40.8 Å². The monoisotopic (exact) mass is 780 g/mol. The highest BCUT2D eigenvalue weighted by atomic mass is 31.2. The largest absolute Gasteiger partial charge is 0.756 e. The second kappa shape index (κ2) is 38.1. The first kappa shape index (κ1) is 52.2. The smallest absolute Gasteiger partial charge is 0.310 e. The summed E-state index contributed by atoms with van der Waals surface area (Å²) in [5.41, 5.74) is 0. The number of quaternary nitrogens is 1. The van der Waals surface area contributed by atoms with Gasteiger partial charge in [-0.25, -0.2) is 0 Å². The number of phosphoric acid groups is 1. The summed E-state index contributed by atoms with van der Waals surface area (Å²) in [4.78, 5) is 24.9. The Morgan fingerprint density at radius 1 is 0.574 bits per heavy atom. The van der Waals surface area contributed by atoms with Crippen molar-refractivity contribution in [2.75, 3.05) is 54.1 Å². The van der Waals surface area contributed by atoms with Crippen molar-refractivity contribution in [1.29, 1.82) is 0 Å². The molecule has 0 saturated carbocycles. The normalized spacial score (nSPS) is 14.4. The third-order valence-electron chi connectivity index (χ3n) is 8.87. The molecule has 2 unspecified atom stereocenters. The number of nitrogens with zero attached hydrogens (tertiary/aromatic N) is 1. The predicted molar refractivity (Wildman–Crippen MR) is 226 cm³/mol. The van der Waals surface area contributed by atoms with Crippen molar-refractivity contribution in [2.45, 2.75) is 168 Å². The maximum atomic E-state index is 12.6. The van der Waals surface area contributed by atoms with Gasteiger partial charge in [-0.2, -0.15) is 0 Å². The fourth-order valence-electron chi connectivity index (χ4n) is 5.56. The molecule has 0 amide bonds. The van der Waals surface area contributed by atoms with Gasteiger partial charge >= 0.3 is 5.97 Å². The first-order valence-corrected chi connectivity index (χ1v) is 23.0. The molecule has 0 saturated heterocycles. The fourth-order valence-corrected chi connectivity index (χ4v) is 6.29. The number of ether oxygens (including phenoxy) is 2. The summed E-state index contributed by atoms with van der Waals surface area (Å²) >= 11 is 0. The number of rotatable bonds is 39. The highest BCUT2D eigenvalue weighted by Crippen LogP contribution is 2.38. The summed E-state index contributed by atoms with van der Waals surface area (Å²) in [6.45, 7) is 5.17. The summed E-state index contributed by atoms with van der Waals surface area (Å²) in [6.07, 6.45) is 46.9. The molecule has 0 aliphatic rings. The average molecular weight is 780 g/mol. The summed E-state index contributed by atoms with van der Waals surface area (Å²) in [7, 11) is 1.30. The molecule has 314 valence electrons. The SMILES string of the molecule is CC/C=C\C/C=C\C/C=C\C/C=C\C/C=C\CC(=O)OC(COCCCCCCCCCCCCCCCCCCC)COP(=O)([O-])OCC[N+](C)(C)C. The number of unbranched alkanes of at least 4 members (excludes halogenated alkanes) is 16. The lowest BCUT2D eigenvalue weighted by molar-refractivity contribution is -0.870. The molecule has 0 aliphatic heterocycles. The number of allylic oxidation sites excluding steroid dienone is 9. The molecule has 0 aromatic rings. The van der Waals surface area contributed by atoms with Crippen molar-refractivity contribution < 1.29 is 37.3 Å². The van der Waals surface area contributed by atoms with Crippen molar-refractivity contribution in [3.8, 4) is 0 Å². The third kappa shape index (κ3) is 41.4. The lowest BCUT2D eigenvalue weighted by Gasteiger charge is -2.28. The lowest BCUT2D eigenvalue weighted by atomic mass is 10.0.